The zero-order valence-electron chi connectivity index (χ0n) is 34.8. The van der Waals surface area contributed by atoms with Crippen LogP contribution in [0.2, 0.25) is 0 Å². The molecule has 0 atom stereocenters. The number of rotatable bonds is 4. The van der Waals surface area contributed by atoms with E-state index in [4.69, 9.17) is 19.9 Å². The second kappa shape index (κ2) is 18.9. The van der Waals surface area contributed by atoms with Gasteiger partial charge in [-0.05, 0) is 89.5 Å². The summed E-state index contributed by atoms with van der Waals surface area (Å²) in [6.07, 6.45) is 3.77. The van der Waals surface area contributed by atoms with Crippen LogP contribution in [-0.4, -0.2) is 19.9 Å². The van der Waals surface area contributed by atoms with Gasteiger partial charge in [0.05, 0.1) is 22.1 Å². The molecular formula is C57H44N4Ni. The number of aromatic nitrogens is 4. The van der Waals surface area contributed by atoms with Crippen molar-refractivity contribution in [3.63, 3.8) is 0 Å². The van der Waals surface area contributed by atoms with E-state index < -0.39 is 0 Å². The molecule has 0 aliphatic carbocycles. The maximum absolute atomic E-state index is 4.86. The Kier molecular flexibility index (Phi) is 12.6. The Bertz CT molecular complexity index is 3050. The number of fused-ring (bicyclic) bond motifs is 6. The molecule has 4 heterocycles. The van der Waals surface area contributed by atoms with Crippen molar-refractivity contribution in [3.05, 3.63) is 230 Å². The van der Waals surface area contributed by atoms with E-state index in [1.165, 1.54) is 50.1 Å². The van der Waals surface area contributed by atoms with Crippen molar-refractivity contribution in [2.75, 3.05) is 0 Å². The minimum absolute atomic E-state index is 0. The van der Waals surface area contributed by atoms with Crippen molar-refractivity contribution >= 4 is 43.6 Å². The van der Waals surface area contributed by atoms with E-state index in [9.17, 15) is 0 Å². The van der Waals surface area contributed by atoms with Gasteiger partial charge in [0.15, 0.2) is 0 Å². The molecule has 0 fully saturated rings. The molecule has 62 heavy (non-hydrogen) atoms. The third-order valence-electron chi connectivity index (χ3n) is 10.9. The summed E-state index contributed by atoms with van der Waals surface area (Å²) in [7, 11) is 0. The number of benzene rings is 7. The Hall–Kier alpha value is -7.33. The summed E-state index contributed by atoms with van der Waals surface area (Å²) in [5.41, 5.74) is 16.7. The van der Waals surface area contributed by atoms with Gasteiger partial charge in [0.25, 0.3) is 0 Å². The standard InChI is InChI=1S/2C25H18N2.C7H8.Ni/c2*1-17-16-23(19-10-6-3-7-11-19)22-13-12-21-20(18-8-4-2-5-9-18)14-15-26-24(21)25(22)27-17;1-7-5-3-2-4-6-7;/h2*2-16H,1H3;2-6H,1H3;. The van der Waals surface area contributed by atoms with Crippen molar-refractivity contribution in [1.29, 1.82) is 0 Å². The molecule has 0 aliphatic rings. The van der Waals surface area contributed by atoms with Crippen LogP contribution in [0.4, 0.5) is 0 Å². The molecule has 7 aromatic carbocycles. The summed E-state index contributed by atoms with van der Waals surface area (Å²) >= 11 is 0. The van der Waals surface area contributed by atoms with E-state index in [2.05, 4.69) is 165 Å². The summed E-state index contributed by atoms with van der Waals surface area (Å²) in [5, 5.41) is 4.54. The molecule has 5 heteroatoms. The molecule has 0 unspecified atom stereocenters. The van der Waals surface area contributed by atoms with Crippen molar-refractivity contribution in [2.45, 2.75) is 20.8 Å². The topological polar surface area (TPSA) is 51.6 Å². The molecule has 0 saturated carbocycles. The van der Waals surface area contributed by atoms with Gasteiger partial charge in [-0.3, -0.25) is 19.9 Å². The van der Waals surface area contributed by atoms with Crippen molar-refractivity contribution in [1.82, 2.24) is 19.9 Å². The maximum atomic E-state index is 4.86. The average molecular weight is 844 g/mol. The second-order valence-corrected chi connectivity index (χ2v) is 15.2. The van der Waals surface area contributed by atoms with Crippen LogP contribution in [0.25, 0.3) is 88.1 Å². The van der Waals surface area contributed by atoms with Crippen molar-refractivity contribution in [2.24, 2.45) is 0 Å². The SMILES string of the molecule is Cc1cc(-c2ccccc2)c2ccc3c(-c4ccccc4)ccnc3c2n1.Cc1cc(-c2ccccc2)c2ccc3c(-c4ccccc4)ccnc3c2n1.Cc1ccccc1.[Ni]. The van der Waals surface area contributed by atoms with Gasteiger partial charge in [-0.2, -0.15) is 0 Å². The van der Waals surface area contributed by atoms with E-state index in [-0.39, 0.29) is 16.5 Å². The third-order valence-corrected chi connectivity index (χ3v) is 10.9. The molecule has 11 rings (SSSR count). The molecule has 4 nitrogen and oxygen atoms in total. The smallest absolute Gasteiger partial charge is 0.0974 e. The molecule has 0 radical (unpaired) electrons. The summed E-state index contributed by atoms with van der Waals surface area (Å²) in [6, 6.07) is 69.3. The van der Waals surface area contributed by atoms with E-state index >= 15 is 0 Å². The van der Waals surface area contributed by atoms with Gasteiger partial charge in [0, 0.05) is 61.8 Å². The van der Waals surface area contributed by atoms with Crippen LogP contribution >= 0.6 is 0 Å². The molecule has 0 bridgehead atoms. The van der Waals surface area contributed by atoms with Gasteiger partial charge in [-0.1, -0.05) is 181 Å². The molecular weight excluding hydrogens is 799 g/mol. The summed E-state index contributed by atoms with van der Waals surface area (Å²) in [6.45, 7) is 6.18. The fraction of sp³-hybridized carbons (Fsp3) is 0.0526. The van der Waals surface area contributed by atoms with E-state index in [0.717, 1.165) is 55.0 Å². The predicted molar refractivity (Wildman–Crippen MR) is 256 cm³/mol. The summed E-state index contributed by atoms with van der Waals surface area (Å²) in [4.78, 5) is 19.1. The number of nitrogens with zero attached hydrogens (tertiary/aromatic N) is 4. The fourth-order valence-corrected chi connectivity index (χ4v) is 8.05. The summed E-state index contributed by atoms with van der Waals surface area (Å²) in [5.74, 6) is 0. The van der Waals surface area contributed by atoms with E-state index in [1.54, 1.807) is 0 Å². The van der Waals surface area contributed by atoms with E-state index in [0.29, 0.717) is 0 Å². The van der Waals surface area contributed by atoms with E-state index in [1.807, 2.05) is 68.7 Å². The third kappa shape index (κ3) is 8.77. The Labute approximate surface area is 373 Å². The van der Waals surface area contributed by atoms with Crippen molar-refractivity contribution in [3.8, 4) is 44.5 Å². The number of hydrogen-bond acceptors (Lipinski definition) is 4. The van der Waals surface area contributed by atoms with Gasteiger partial charge in [-0.25, -0.2) is 0 Å². The van der Waals surface area contributed by atoms with Crippen LogP contribution in [0.15, 0.2) is 213 Å². The van der Waals surface area contributed by atoms with Gasteiger partial charge in [-0.15, -0.1) is 0 Å². The number of pyridine rings is 4. The maximum Gasteiger partial charge on any atom is 0.0974 e. The molecule has 302 valence electrons. The molecule has 0 aliphatic heterocycles. The van der Waals surface area contributed by atoms with Crippen molar-refractivity contribution < 1.29 is 16.5 Å². The monoisotopic (exact) mass is 842 g/mol. The quantitative estimate of drug-likeness (QED) is 0.131. The molecule has 11 aromatic rings. The first-order chi connectivity index (χ1) is 30.0. The Morgan fingerprint density at radius 1 is 0.290 bits per heavy atom. The van der Waals surface area contributed by atoms with Crippen LogP contribution in [0.5, 0.6) is 0 Å². The first-order valence-electron chi connectivity index (χ1n) is 20.6. The van der Waals surface area contributed by atoms with Crippen LogP contribution in [0.1, 0.15) is 17.0 Å². The largest absolute Gasteiger partial charge is 0.254 e. The normalized spacial score (nSPS) is 10.7. The molecule has 4 aromatic heterocycles. The predicted octanol–water partition coefficient (Wildman–Crippen LogP) is 14.8. The zero-order chi connectivity index (χ0) is 41.5. The second-order valence-electron chi connectivity index (χ2n) is 15.2. The Morgan fingerprint density at radius 2 is 0.581 bits per heavy atom. The molecule has 0 spiro atoms. The molecule has 0 N–H and O–H groups in total. The zero-order valence-corrected chi connectivity index (χ0v) is 35.8. The van der Waals surface area contributed by atoms with Crippen LogP contribution in [-0.2, 0) is 16.5 Å². The van der Waals surface area contributed by atoms with Gasteiger partial charge in [0.1, 0.15) is 0 Å². The number of hydrogen-bond donors (Lipinski definition) is 0. The Morgan fingerprint density at radius 3 is 0.887 bits per heavy atom. The number of aryl methyl sites for hydroxylation is 3. The first-order valence-corrected chi connectivity index (χ1v) is 20.6. The van der Waals surface area contributed by atoms with Crippen LogP contribution in [0.3, 0.4) is 0 Å². The first kappa shape index (κ1) is 41.4. The minimum Gasteiger partial charge on any atom is -0.254 e. The fourth-order valence-electron chi connectivity index (χ4n) is 8.05. The van der Waals surface area contributed by atoms with Gasteiger partial charge >= 0.3 is 0 Å². The average Bonchev–Trinajstić information content (AvgIpc) is 3.32. The van der Waals surface area contributed by atoms with Crippen LogP contribution < -0.4 is 0 Å². The Balaban J connectivity index is 0.000000146. The van der Waals surface area contributed by atoms with Gasteiger partial charge in [0.2, 0.25) is 0 Å². The summed E-state index contributed by atoms with van der Waals surface area (Å²) < 4.78 is 0. The molecule has 0 amide bonds. The molecule has 0 saturated heterocycles. The minimum atomic E-state index is 0. The van der Waals surface area contributed by atoms with Gasteiger partial charge < -0.3 is 0 Å². The van der Waals surface area contributed by atoms with Crippen LogP contribution in [0, 0.1) is 20.8 Å².